The Bertz CT molecular complexity index is 343. The van der Waals surface area contributed by atoms with Gasteiger partial charge >= 0.3 is 11.9 Å². The van der Waals surface area contributed by atoms with Crippen LogP contribution in [0.25, 0.3) is 0 Å². The minimum Gasteiger partial charge on any atom is -0.459 e. The third-order valence-electron chi connectivity index (χ3n) is 3.35. The van der Waals surface area contributed by atoms with Crippen LogP contribution in [0.5, 0.6) is 0 Å². The minimum atomic E-state index is -0.623. The van der Waals surface area contributed by atoms with Gasteiger partial charge in [0.1, 0.15) is 6.10 Å². The Balaban J connectivity index is 2.63. The molecule has 0 spiro atoms. The number of rotatable bonds is 7. The number of carbonyl (C=O) groups excluding carboxylic acids is 2. The van der Waals surface area contributed by atoms with Crippen LogP contribution in [-0.2, 0) is 28.5 Å². The van der Waals surface area contributed by atoms with E-state index in [9.17, 15) is 9.59 Å². The summed E-state index contributed by atoms with van der Waals surface area (Å²) in [5, 5.41) is 0. The smallest absolute Gasteiger partial charge is 0.306 e. The van der Waals surface area contributed by atoms with Crippen LogP contribution >= 0.6 is 0 Å². The van der Waals surface area contributed by atoms with E-state index < -0.39 is 18.5 Å². The van der Waals surface area contributed by atoms with Gasteiger partial charge in [0.05, 0.1) is 6.10 Å². The lowest BCUT2D eigenvalue weighted by atomic mass is 10.0. The number of ether oxygens (including phenoxy) is 4. The summed E-state index contributed by atoms with van der Waals surface area (Å²) in [5.74, 6) is -0.547. The van der Waals surface area contributed by atoms with Crippen LogP contribution in [0.1, 0.15) is 52.9 Å². The Hall–Kier alpha value is -1.14. The van der Waals surface area contributed by atoms with Crippen molar-refractivity contribution in [2.45, 2.75) is 77.5 Å². The van der Waals surface area contributed by atoms with Gasteiger partial charge in [0, 0.05) is 26.4 Å². The molecule has 0 saturated carbocycles. The number of hydrogen-bond donors (Lipinski definition) is 0. The molecule has 4 atom stereocenters. The fourth-order valence-corrected chi connectivity index (χ4v) is 2.24. The van der Waals surface area contributed by atoms with Crippen molar-refractivity contribution in [1.82, 2.24) is 0 Å². The van der Waals surface area contributed by atoms with Gasteiger partial charge in [0.25, 0.3) is 0 Å². The Morgan fingerprint density at radius 1 is 1.05 bits per heavy atom. The van der Waals surface area contributed by atoms with Crippen molar-refractivity contribution < 1.29 is 28.5 Å². The Kier molecular flexibility index (Phi) is 7.67. The summed E-state index contributed by atoms with van der Waals surface area (Å²) < 4.78 is 21.6. The normalized spacial score (nSPS) is 29.0. The molecule has 6 nitrogen and oxygen atoms in total. The highest BCUT2D eigenvalue weighted by Crippen LogP contribution is 2.26. The molecule has 0 amide bonds. The van der Waals surface area contributed by atoms with E-state index in [-0.39, 0.29) is 18.0 Å². The highest BCUT2D eigenvalue weighted by atomic mass is 16.7. The first-order chi connectivity index (χ1) is 10.0. The van der Waals surface area contributed by atoms with E-state index in [0.717, 1.165) is 12.8 Å². The Labute approximate surface area is 126 Å². The van der Waals surface area contributed by atoms with E-state index in [2.05, 4.69) is 0 Å². The average Bonchev–Trinajstić information content (AvgIpc) is 2.42. The Morgan fingerprint density at radius 2 is 1.57 bits per heavy atom. The summed E-state index contributed by atoms with van der Waals surface area (Å²) in [6.07, 6.45) is 0.675. The van der Waals surface area contributed by atoms with Crippen molar-refractivity contribution in [2.75, 3.05) is 7.11 Å². The van der Waals surface area contributed by atoms with Gasteiger partial charge in [-0.1, -0.05) is 13.8 Å². The highest BCUT2D eigenvalue weighted by molar-refractivity contribution is 5.70. The molecule has 0 N–H and O–H groups in total. The quantitative estimate of drug-likeness (QED) is 0.671. The number of carbonyl (C=O) groups is 2. The van der Waals surface area contributed by atoms with Crippen LogP contribution in [0, 0.1) is 0 Å². The van der Waals surface area contributed by atoms with Gasteiger partial charge in [0.2, 0.25) is 0 Å². The predicted molar refractivity (Wildman–Crippen MR) is 75.5 cm³/mol. The van der Waals surface area contributed by atoms with Gasteiger partial charge in [-0.2, -0.15) is 0 Å². The molecule has 0 aromatic heterocycles. The molecule has 1 rings (SSSR count). The van der Waals surface area contributed by atoms with E-state index in [1.54, 1.807) is 0 Å². The van der Waals surface area contributed by atoms with Gasteiger partial charge in [-0.25, -0.2) is 0 Å². The van der Waals surface area contributed by atoms with Crippen LogP contribution in [0.4, 0.5) is 0 Å². The van der Waals surface area contributed by atoms with Crippen LogP contribution in [-0.4, -0.2) is 43.7 Å². The monoisotopic (exact) mass is 302 g/mol. The standard InChI is InChI=1S/C15H26O6/c1-5-7-13(16)20-11-9-12(21-14(17)8-6-2)15(18-4)19-10(11)3/h10-12,15H,5-9H2,1-4H3/t10-,11?,12+,15?/m0/s1. The molecule has 1 saturated heterocycles. The second-order valence-electron chi connectivity index (χ2n) is 5.24. The molecule has 0 aromatic rings. The lowest BCUT2D eigenvalue weighted by molar-refractivity contribution is -0.261. The molecule has 0 bridgehead atoms. The van der Waals surface area contributed by atoms with Gasteiger partial charge in [-0.15, -0.1) is 0 Å². The molecular formula is C15H26O6. The van der Waals surface area contributed by atoms with Crippen LogP contribution in [0.3, 0.4) is 0 Å². The minimum absolute atomic E-state index is 0.257. The summed E-state index contributed by atoms with van der Waals surface area (Å²) in [6.45, 7) is 5.64. The van der Waals surface area contributed by atoms with E-state index in [1.165, 1.54) is 7.11 Å². The zero-order valence-corrected chi connectivity index (χ0v) is 13.3. The molecule has 0 aliphatic carbocycles. The predicted octanol–water partition coefficient (Wildman–Crippen LogP) is 2.19. The third-order valence-corrected chi connectivity index (χ3v) is 3.35. The molecule has 1 aliphatic heterocycles. The molecule has 1 heterocycles. The zero-order valence-electron chi connectivity index (χ0n) is 13.3. The number of methoxy groups -OCH3 is 1. The highest BCUT2D eigenvalue weighted by Gasteiger charge is 2.40. The maximum Gasteiger partial charge on any atom is 0.306 e. The molecule has 2 unspecified atom stereocenters. The summed E-state index contributed by atoms with van der Waals surface area (Å²) >= 11 is 0. The second kappa shape index (κ2) is 9.00. The summed E-state index contributed by atoms with van der Waals surface area (Å²) in [4.78, 5) is 23.3. The molecule has 122 valence electrons. The largest absolute Gasteiger partial charge is 0.459 e. The zero-order chi connectivity index (χ0) is 15.8. The topological polar surface area (TPSA) is 71.1 Å². The molecule has 0 aromatic carbocycles. The summed E-state index contributed by atoms with van der Waals surface area (Å²) in [7, 11) is 1.50. The first kappa shape index (κ1) is 17.9. The van der Waals surface area contributed by atoms with Crippen LogP contribution < -0.4 is 0 Å². The van der Waals surface area contributed by atoms with Gasteiger partial charge < -0.3 is 18.9 Å². The van der Waals surface area contributed by atoms with Gasteiger partial charge in [-0.05, 0) is 19.8 Å². The van der Waals surface area contributed by atoms with Gasteiger partial charge in [-0.3, -0.25) is 9.59 Å². The molecule has 0 radical (unpaired) electrons. The van der Waals surface area contributed by atoms with Crippen molar-refractivity contribution in [1.29, 1.82) is 0 Å². The number of hydrogen-bond acceptors (Lipinski definition) is 6. The fourth-order valence-electron chi connectivity index (χ4n) is 2.24. The summed E-state index contributed by atoms with van der Waals surface area (Å²) in [5.41, 5.74) is 0. The molecular weight excluding hydrogens is 276 g/mol. The maximum absolute atomic E-state index is 11.6. The van der Waals surface area contributed by atoms with Crippen molar-refractivity contribution in [2.24, 2.45) is 0 Å². The first-order valence-electron chi connectivity index (χ1n) is 7.59. The fraction of sp³-hybridized carbons (Fsp3) is 0.867. The van der Waals surface area contributed by atoms with Crippen LogP contribution in [0.2, 0.25) is 0 Å². The average molecular weight is 302 g/mol. The SMILES string of the molecule is CCCC(=O)OC1C[C@@H](OC(=O)CCC)C(OC)O[C@H]1C. The van der Waals surface area contributed by atoms with Crippen molar-refractivity contribution in [3.8, 4) is 0 Å². The number of esters is 2. The van der Waals surface area contributed by atoms with Crippen molar-refractivity contribution >= 4 is 11.9 Å². The molecule has 1 fully saturated rings. The lowest BCUT2D eigenvalue weighted by Crippen LogP contribution is -2.50. The Morgan fingerprint density at radius 3 is 2.05 bits per heavy atom. The summed E-state index contributed by atoms with van der Waals surface area (Å²) in [6, 6.07) is 0. The molecule has 21 heavy (non-hydrogen) atoms. The molecule has 1 aliphatic rings. The van der Waals surface area contributed by atoms with Crippen molar-refractivity contribution in [3.63, 3.8) is 0 Å². The van der Waals surface area contributed by atoms with Gasteiger partial charge in [0.15, 0.2) is 12.4 Å². The van der Waals surface area contributed by atoms with E-state index in [0.29, 0.717) is 19.3 Å². The maximum atomic E-state index is 11.6. The van der Waals surface area contributed by atoms with E-state index >= 15 is 0 Å². The van der Waals surface area contributed by atoms with E-state index in [4.69, 9.17) is 18.9 Å². The lowest BCUT2D eigenvalue weighted by Gasteiger charge is -2.38. The third kappa shape index (κ3) is 5.63. The van der Waals surface area contributed by atoms with E-state index in [1.807, 2.05) is 20.8 Å². The second-order valence-corrected chi connectivity index (χ2v) is 5.24. The van der Waals surface area contributed by atoms with Crippen LogP contribution in [0.15, 0.2) is 0 Å². The first-order valence-corrected chi connectivity index (χ1v) is 7.59. The molecule has 6 heteroatoms. The van der Waals surface area contributed by atoms with Crippen molar-refractivity contribution in [3.05, 3.63) is 0 Å².